The lowest BCUT2D eigenvalue weighted by Gasteiger charge is -2.02. The predicted octanol–water partition coefficient (Wildman–Crippen LogP) is 1.94. The number of unbranched alkanes of at least 4 members (excludes halogenated alkanes) is 2. The van der Waals surface area contributed by atoms with Crippen molar-refractivity contribution in [2.75, 3.05) is 6.54 Å². The average Bonchev–Trinajstić information content (AvgIpc) is 2.65. The molecule has 0 aliphatic heterocycles. The van der Waals surface area contributed by atoms with Gasteiger partial charge in [-0.2, -0.15) is 0 Å². The van der Waals surface area contributed by atoms with Crippen LogP contribution in [0.1, 0.15) is 26.2 Å². The molecule has 0 aromatic heterocycles. The number of hydrogen-bond acceptors (Lipinski definition) is 1. The summed E-state index contributed by atoms with van der Waals surface area (Å²) >= 11 is 0. The predicted molar refractivity (Wildman–Crippen MR) is 53.3 cm³/mol. The van der Waals surface area contributed by atoms with Crippen molar-refractivity contribution in [1.82, 2.24) is 5.32 Å². The maximum absolute atomic E-state index is 11.3. The molecule has 0 aromatic rings. The normalized spacial score (nSPS) is 13.2. The van der Waals surface area contributed by atoms with Crippen LogP contribution in [0, 0.1) is 0 Å². The van der Waals surface area contributed by atoms with Gasteiger partial charge in [0.05, 0.1) is 5.57 Å². The molecule has 0 radical (unpaired) electrons. The number of amides is 1. The van der Waals surface area contributed by atoms with Crippen LogP contribution >= 0.6 is 0 Å². The molecule has 1 rings (SSSR count). The van der Waals surface area contributed by atoms with E-state index in [-0.39, 0.29) is 5.91 Å². The summed E-state index contributed by atoms with van der Waals surface area (Å²) in [5.41, 5.74) is 3.50. The zero-order chi connectivity index (χ0) is 9.52. The van der Waals surface area contributed by atoms with E-state index in [9.17, 15) is 4.79 Å². The monoisotopic (exact) mass is 177 g/mol. The van der Waals surface area contributed by atoms with Crippen molar-refractivity contribution in [3.8, 4) is 0 Å². The maximum atomic E-state index is 11.3. The highest BCUT2D eigenvalue weighted by atomic mass is 16.1. The van der Waals surface area contributed by atoms with E-state index in [2.05, 4.69) is 18.0 Å². The summed E-state index contributed by atoms with van der Waals surface area (Å²) in [4.78, 5) is 11.3. The summed E-state index contributed by atoms with van der Waals surface area (Å²) in [7, 11) is 0. The summed E-state index contributed by atoms with van der Waals surface area (Å²) in [6.45, 7) is 2.92. The first kappa shape index (κ1) is 9.82. The van der Waals surface area contributed by atoms with Gasteiger partial charge in [-0.25, -0.2) is 0 Å². The van der Waals surface area contributed by atoms with Crippen LogP contribution in [-0.4, -0.2) is 12.5 Å². The first-order valence-electron chi connectivity index (χ1n) is 4.76. The molecule has 0 bridgehead atoms. The van der Waals surface area contributed by atoms with Gasteiger partial charge >= 0.3 is 0 Å². The second kappa shape index (κ2) is 5.39. The summed E-state index contributed by atoms with van der Waals surface area (Å²) in [6.07, 6.45) is 8.75. The molecule has 0 spiro atoms. The van der Waals surface area contributed by atoms with Gasteiger partial charge in [0.1, 0.15) is 0 Å². The molecule has 2 heteroatoms. The minimum Gasteiger partial charge on any atom is -0.352 e. The maximum Gasteiger partial charge on any atom is 0.259 e. The summed E-state index contributed by atoms with van der Waals surface area (Å²) in [6, 6.07) is 0. The molecule has 0 saturated heterocycles. The number of nitrogens with one attached hydrogen (secondary N) is 1. The van der Waals surface area contributed by atoms with Crippen molar-refractivity contribution in [2.24, 2.45) is 0 Å². The Labute approximate surface area is 79.0 Å². The van der Waals surface area contributed by atoms with Crippen molar-refractivity contribution in [1.29, 1.82) is 0 Å². The SMILES string of the molecule is CCCCCNC(=O)C1=C=CC=C1. The second-order valence-electron chi connectivity index (χ2n) is 3.05. The molecule has 0 unspecified atom stereocenters. The van der Waals surface area contributed by atoms with E-state index in [0.717, 1.165) is 13.0 Å². The van der Waals surface area contributed by atoms with Crippen LogP contribution in [0.5, 0.6) is 0 Å². The molecule has 0 saturated carbocycles. The molecule has 13 heavy (non-hydrogen) atoms. The van der Waals surface area contributed by atoms with E-state index in [1.807, 2.05) is 6.08 Å². The van der Waals surface area contributed by atoms with E-state index >= 15 is 0 Å². The molecule has 1 N–H and O–H groups in total. The van der Waals surface area contributed by atoms with Crippen molar-refractivity contribution in [3.05, 3.63) is 29.5 Å². The van der Waals surface area contributed by atoms with Crippen LogP contribution in [-0.2, 0) is 4.79 Å². The Morgan fingerprint density at radius 3 is 3.00 bits per heavy atom. The van der Waals surface area contributed by atoms with Crippen molar-refractivity contribution in [2.45, 2.75) is 26.2 Å². The van der Waals surface area contributed by atoms with E-state index in [1.54, 1.807) is 12.2 Å². The molecule has 1 aliphatic rings. The lowest BCUT2D eigenvalue weighted by atomic mass is 10.2. The Balaban J connectivity index is 2.19. The Kier molecular flexibility index (Phi) is 4.07. The van der Waals surface area contributed by atoms with Gasteiger partial charge in [-0.05, 0) is 18.6 Å². The molecule has 0 aromatic carbocycles. The van der Waals surface area contributed by atoms with Crippen LogP contribution in [0.15, 0.2) is 29.5 Å². The largest absolute Gasteiger partial charge is 0.352 e. The van der Waals surface area contributed by atoms with Gasteiger partial charge in [-0.1, -0.05) is 25.8 Å². The second-order valence-corrected chi connectivity index (χ2v) is 3.05. The van der Waals surface area contributed by atoms with Crippen LogP contribution in [0.4, 0.5) is 0 Å². The minimum atomic E-state index is -0.0129. The number of rotatable bonds is 5. The van der Waals surface area contributed by atoms with Gasteiger partial charge < -0.3 is 5.32 Å². The molecule has 1 aliphatic carbocycles. The number of hydrogen-bond donors (Lipinski definition) is 1. The Morgan fingerprint density at radius 2 is 2.38 bits per heavy atom. The van der Waals surface area contributed by atoms with Crippen molar-refractivity contribution < 1.29 is 4.79 Å². The highest BCUT2D eigenvalue weighted by Crippen LogP contribution is 2.01. The van der Waals surface area contributed by atoms with Gasteiger partial charge in [-0.3, -0.25) is 4.79 Å². The molecular formula is C11H15NO. The van der Waals surface area contributed by atoms with Crippen LogP contribution in [0.3, 0.4) is 0 Å². The van der Waals surface area contributed by atoms with Crippen LogP contribution in [0.25, 0.3) is 0 Å². The van der Waals surface area contributed by atoms with E-state index in [4.69, 9.17) is 0 Å². The summed E-state index contributed by atoms with van der Waals surface area (Å²) in [5.74, 6) is -0.0129. The summed E-state index contributed by atoms with van der Waals surface area (Å²) < 4.78 is 0. The fourth-order valence-corrected chi connectivity index (χ4v) is 1.14. The lowest BCUT2D eigenvalue weighted by Crippen LogP contribution is -2.24. The fourth-order valence-electron chi connectivity index (χ4n) is 1.14. The Bertz CT molecular complexity index is 270. The van der Waals surface area contributed by atoms with E-state index < -0.39 is 0 Å². The molecule has 2 nitrogen and oxygen atoms in total. The molecule has 70 valence electrons. The van der Waals surface area contributed by atoms with Crippen molar-refractivity contribution >= 4 is 5.91 Å². The molecule has 0 fully saturated rings. The lowest BCUT2D eigenvalue weighted by molar-refractivity contribution is -0.117. The fraction of sp³-hybridized carbons (Fsp3) is 0.455. The average molecular weight is 177 g/mol. The molecule has 0 heterocycles. The third-order valence-electron chi connectivity index (χ3n) is 1.91. The number of carbonyl (C=O) groups is 1. The quantitative estimate of drug-likeness (QED) is 0.504. The van der Waals surface area contributed by atoms with Gasteiger partial charge in [-0.15, -0.1) is 5.73 Å². The highest BCUT2D eigenvalue weighted by molar-refractivity contribution is 5.96. The highest BCUT2D eigenvalue weighted by Gasteiger charge is 2.05. The van der Waals surface area contributed by atoms with Crippen molar-refractivity contribution in [3.63, 3.8) is 0 Å². The smallest absolute Gasteiger partial charge is 0.259 e. The number of allylic oxidation sites excluding steroid dienone is 1. The molecular weight excluding hydrogens is 162 g/mol. The van der Waals surface area contributed by atoms with Gasteiger partial charge in [0, 0.05) is 6.54 Å². The topological polar surface area (TPSA) is 29.1 Å². The van der Waals surface area contributed by atoms with Crippen LogP contribution < -0.4 is 5.32 Å². The summed E-state index contributed by atoms with van der Waals surface area (Å²) in [5, 5.41) is 2.85. The molecule has 0 atom stereocenters. The molecule has 1 amide bonds. The zero-order valence-electron chi connectivity index (χ0n) is 7.97. The Hall–Kier alpha value is -1.27. The van der Waals surface area contributed by atoms with Gasteiger partial charge in [0.15, 0.2) is 0 Å². The third-order valence-corrected chi connectivity index (χ3v) is 1.91. The third kappa shape index (κ3) is 3.30. The standard InChI is InChI=1S/C11H15NO/c1-2-3-6-9-12-11(13)10-7-4-5-8-10/h4-5,7H,2-3,6,9H2,1H3,(H,12,13). The first-order chi connectivity index (χ1) is 6.34. The van der Waals surface area contributed by atoms with E-state index in [0.29, 0.717) is 5.57 Å². The van der Waals surface area contributed by atoms with Gasteiger partial charge in [0.2, 0.25) is 0 Å². The Morgan fingerprint density at radius 1 is 1.54 bits per heavy atom. The minimum absolute atomic E-state index is 0.0129. The van der Waals surface area contributed by atoms with Gasteiger partial charge in [0.25, 0.3) is 5.91 Å². The van der Waals surface area contributed by atoms with Crippen LogP contribution in [0.2, 0.25) is 0 Å². The zero-order valence-corrected chi connectivity index (χ0v) is 7.97. The number of carbonyl (C=O) groups excluding carboxylic acids is 1. The van der Waals surface area contributed by atoms with E-state index in [1.165, 1.54) is 12.8 Å². The first-order valence-corrected chi connectivity index (χ1v) is 4.76.